The van der Waals surface area contributed by atoms with Crippen LogP contribution in [0.1, 0.15) is 67.3 Å². The van der Waals surface area contributed by atoms with Crippen molar-refractivity contribution in [1.29, 1.82) is 0 Å². The first-order valence-electron chi connectivity index (χ1n) is 9.58. The molecule has 0 nitrogen and oxygen atoms in total. The Labute approximate surface area is 155 Å². The molecule has 1 atom stereocenters. The summed E-state index contributed by atoms with van der Waals surface area (Å²) in [6.45, 7) is 6.63. The van der Waals surface area contributed by atoms with Crippen molar-refractivity contribution in [2.75, 3.05) is 0 Å². The number of aryl methyl sites for hydroxylation is 4. The van der Waals surface area contributed by atoms with E-state index in [2.05, 4.69) is 39.0 Å². The van der Waals surface area contributed by atoms with Crippen LogP contribution in [0.15, 0.2) is 42.5 Å². The number of halogens is 3. The van der Waals surface area contributed by atoms with Crippen molar-refractivity contribution < 1.29 is 13.2 Å². The fourth-order valence-corrected chi connectivity index (χ4v) is 3.28. The van der Waals surface area contributed by atoms with E-state index in [-0.39, 0.29) is 6.42 Å². The maximum absolute atomic E-state index is 12.4. The van der Waals surface area contributed by atoms with Crippen LogP contribution < -0.4 is 0 Å². The molecule has 0 aliphatic heterocycles. The van der Waals surface area contributed by atoms with Crippen molar-refractivity contribution in [2.45, 2.75) is 71.4 Å². The van der Waals surface area contributed by atoms with Gasteiger partial charge in [0.1, 0.15) is 0 Å². The van der Waals surface area contributed by atoms with E-state index in [0.29, 0.717) is 5.92 Å². The average molecular weight is 362 g/mol. The Morgan fingerprint density at radius 3 is 2.15 bits per heavy atom. The zero-order chi connectivity index (χ0) is 19.2. The lowest BCUT2D eigenvalue weighted by Crippen LogP contribution is -2.08. The minimum absolute atomic E-state index is 0.0562. The standard InChI is InChI=1S/C23H29F3/c1-4-17(3)22-16-18(5-2)9-11-21(22)12-10-19-7-6-8-20(15-19)13-14-23(24,25)26/h6-9,11,15-17H,4-5,10,12-14H2,1-3H3. The van der Waals surface area contributed by atoms with Gasteiger partial charge in [0.05, 0.1) is 0 Å². The van der Waals surface area contributed by atoms with Gasteiger partial charge in [-0.05, 0) is 65.8 Å². The Morgan fingerprint density at radius 1 is 0.846 bits per heavy atom. The van der Waals surface area contributed by atoms with Crippen LogP contribution in [0.3, 0.4) is 0 Å². The summed E-state index contributed by atoms with van der Waals surface area (Å²) in [5, 5.41) is 0. The molecule has 0 spiro atoms. The highest BCUT2D eigenvalue weighted by Crippen LogP contribution is 2.26. The molecule has 1 unspecified atom stereocenters. The molecule has 0 radical (unpaired) electrons. The molecule has 2 rings (SSSR count). The van der Waals surface area contributed by atoms with Crippen LogP contribution in [0.25, 0.3) is 0 Å². The molecule has 2 aromatic carbocycles. The Kier molecular flexibility index (Phi) is 7.31. The van der Waals surface area contributed by atoms with E-state index >= 15 is 0 Å². The summed E-state index contributed by atoms with van der Waals surface area (Å²) >= 11 is 0. The first-order valence-corrected chi connectivity index (χ1v) is 9.58. The van der Waals surface area contributed by atoms with Crippen LogP contribution in [0, 0.1) is 0 Å². The van der Waals surface area contributed by atoms with Gasteiger partial charge in [0, 0.05) is 6.42 Å². The van der Waals surface area contributed by atoms with Gasteiger partial charge in [-0.25, -0.2) is 0 Å². The van der Waals surface area contributed by atoms with Gasteiger partial charge in [0.25, 0.3) is 0 Å². The molecule has 0 aliphatic rings. The normalized spacial score (nSPS) is 13.0. The van der Waals surface area contributed by atoms with Crippen molar-refractivity contribution >= 4 is 0 Å². The van der Waals surface area contributed by atoms with Gasteiger partial charge in [0.2, 0.25) is 0 Å². The van der Waals surface area contributed by atoms with Crippen molar-refractivity contribution in [2.24, 2.45) is 0 Å². The number of hydrogen-bond donors (Lipinski definition) is 0. The van der Waals surface area contributed by atoms with Gasteiger partial charge in [-0.3, -0.25) is 0 Å². The van der Waals surface area contributed by atoms with Crippen LogP contribution in [0.2, 0.25) is 0 Å². The zero-order valence-electron chi connectivity index (χ0n) is 16.0. The molecule has 0 aromatic heterocycles. The van der Waals surface area contributed by atoms with Gasteiger partial charge in [-0.2, -0.15) is 13.2 Å². The minimum atomic E-state index is -4.10. The lowest BCUT2D eigenvalue weighted by atomic mass is 9.88. The van der Waals surface area contributed by atoms with Crippen LogP contribution in [-0.2, 0) is 25.7 Å². The van der Waals surface area contributed by atoms with E-state index in [1.54, 1.807) is 6.07 Å². The Bertz CT molecular complexity index is 701. The highest BCUT2D eigenvalue weighted by Gasteiger charge is 2.26. The SMILES string of the molecule is CCc1ccc(CCc2cccc(CCC(F)(F)F)c2)c(C(C)CC)c1. The molecule has 0 heterocycles. The van der Waals surface area contributed by atoms with E-state index in [1.165, 1.54) is 16.7 Å². The highest BCUT2D eigenvalue weighted by atomic mass is 19.4. The molecule has 2 aromatic rings. The summed E-state index contributed by atoms with van der Waals surface area (Å²) in [4.78, 5) is 0. The van der Waals surface area contributed by atoms with E-state index in [0.717, 1.165) is 36.8 Å². The molecule has 0 N–H and O–H groups in total. The lowest BCUT2D eigenvalue weighted by Gasteiger charge is -2.17. The second kappa shape index (κ2) is 9.25. The second-order valence-electron chi connectivity index (χ2n) is 7.13. The van der Waals surface area contributed by atoms with Crippen molar-refractivity contribution in [3.05, 3.63) is 70.3 Å². The van der Waals surface area contributed by atoms with E-state index in [9.17, 15) is 13.2 Å². The number of benzene rings is 2. The minimum Gasteiger partial charge on any atom is -0.171 e. The molecule has 0 aliphatic carbocycles. The van der Waals surface area contributed by atoms with Gasteiger partial charge < -0.3 is 0 Å². The summed E-state index contributed by atoms with van der Waals surface area (Å²) < 4.78 is 37.3. The Balaban J connectivity index is 2.09. The zero-order valence-corrected chi connectivity index (χ0v) is 16.0. The average Bonchev–Trinajstić information content (AvgIpc) is 2.63. The number of rotatable bonds is 8. The van der Waals surface area contributed by atoms with Crippen molar-refractivity contribution in [1.82, 2.24) is 0 Å². The van der Waals surface area contributed by atoms with E-state index in [4.69, 9.17) is 0 Å². The highest BCUT2D eigenvalue weighted by molar-refractivity contribution is 5.36. The smallest absolute Gasteiger partial charge is 0.171 e. The first-order chi connectivity index (χ1) is 12.3. The molecule has 0 amide bonds. The van der Waals surface area contributed by atoms with Crippen LogP contribution in [-0.4, -0.2) is 6.18 Å². The second-order valence-corrected chi connectivity index (χ2v) is 7.13. The molecule has 0 saturated heterocycles. The quantitative estimate of drug-likeness (QED) is 0.472. The maximum atomic E-state index is 12.4. The topological polar surface area (TPSA) is 0 Å². The predicted octanol–water partition coefficient (Wildman–Crippen LogP) is 7.04. The molecular weight excluding hydrogens is 333 g/mol. The fraction of sp³-hybridized carbons (Fsp3) is 0.478. The summed E-state index contributed by atoms with van der Waals surface area (Å²) in [5.41, 5.74) is 6.01. The molecule has 0 saturated carbocycles. The molecule has 0 fully saturated rings. The Hall–Kier alpha value is -1.77. The van der Waals surface area contributed by atoms with Crippen LogP contribution >= 0.6 is 0 Å². The van der Waals surface area contributed by atoms with Crippen LogP contribution in [0.5, 0.6) is 0 Å². The monoisotopic (exact) mass is 362 g/mol. The van der Waals surface area contributed by atoms with E-state index in [1.807, 2.05) is 18.2 Å². The van der Waals surface area contributed by atoms with Gasteiger partial charge in [0.15, 0.2) is 0 Å². The summed E-state index contributed by atoms with van der Waals surface area (Å²) in [6.07, 6.45) is -0.880. The van der Waals surface area contributed by atoms with E-state index < -0.39 is 12.6 Å². The van der Waals surface area contributed by atoms with Gasteiger partial charge in [-0.1, -0.05) is 63.2 Å². The molecule has 142 valence electrons. The maximum Gasteiger partial charge on any atom is 0.389 e. The first kappa shape index (κ1) is 20.5. The van der Waals surface area contributed by atoms with Gasteiger partial charge in [-0.15, -0.1) is 0 Å². The third kappa shape index (κ3) is 6.19. The molecular formula is C23H29F3. The summed E-state index contributed by atoms with van der Waals surface area (Å²) in [7, 11) is 0. The number of alkyl halides is 3. The lowest BCUT2D eigenvalue weighted by molar-refractivity contribution is -0.133. The molecule has 3 heteroatoms. The predicted molar refractivity (Wildman–Crippen MR) is 103 cm³/mol. The summed E-state index contributed by atoms with van der Waals surface area (Å²) in [6, 6.07) is 14.3. The third-order valence-electron chi connectivity index (χ3n) is 5.13. The van der Waals surface area contributed by atoms with Crippen molar-refractivity contribution in [3.63, 3.8) is 0 Å². The summed E-state index contributed by atoms with van der Waals surface area (Å²) in [5.74, 6) is 0.523. The molecule has 0 bridgehead atoms. The largest absolute Gasteiger partial charge is 0.389 e. The fourth-order valence-electron chi connectivity index (χ4n) is 3.28. The third-order valence-corrected chi connectivity index (χ3v) is 5.13. The molecule has 26 heavy (non-hydrogen) atoms. The Morgan fingerprint density at radius 2 is 1.54 bits per heavy atom. The van der Waals surface area contributed by atoms with Crippen LogP contribution in [0.4, 0.5) is 13.2 Å². The van der Waals surface area contributed by atoms with Crippen molar-refractivity contribution in [3.8, 4) is 0 Å². The van der Waals surface area contributed by atoms with Gasteiger partial charge >= 0.3 is 6.18 Å². The number of hydrogen-bond acceptors (Lipinski definition) is 0.